The molecule has 1 aromatic heterocycles. The number of nitrogens with one attached hydrogen (secondary N) is 2. The van der Waals surface area contributed by atoms with Crippen molar-refractivity contribution in [2.45, 2.75) is 37.0 Å². The minimum Gasteiger partial charge on any atom is -0.348 e. The highest BCUT2D eigenvalue weighted by atomic mass is 32.2. The van der Waals surface area contributed by atoms with Crippen LogP contribution in [0.25, 0.3) is 10.9 Å². The van der Waals surface area contributed by atoms with E-state index in [1.807, 2.05) is 36.0 Å². The number of nitrogens with zero attached hydrogens (tertiary/aromatic N) is 1. The first kappa shape index (κ1) is 13.5. The third kappa shape index (κ3) is 2.68. The maximum absolute atomic E-state index is 12.3. The summed E-state index contributed by atoms with van der Waals surface area (Å²) in [6.07, 6.45) is 6.68. The zero-order chi connectivity index (χ0) is 13.9. The van der Waals surface area contributed by atoms with Crippen LogP contribution in [-0.2, 0) is 0 Å². The van der Waals surface area contributed by atoms with Gasteiger partial charge in [0.05, 0.1) is 5.52 Å². The van der Waals surface area contributed by atoms with Gasteiger partial charge in [-0.15, -0.1) is 0 Å². The Bertz CT molecular complexity index is 602. The van der Waals surface area contributed by atoms with E-state index in [9.17, 15) is 4.79 Å². The van der Waals surface area contributed by atoms with Crippen LogP contribution >= 0.6 is 11.8 Å². The van der Waals surface area contributed by atoms with Gasteiger partial charge in [0.15, 0.2) is 5.69 Å². The second kappa shape index (κ2) is 5.87. The molecule has 0 spiro atoms. The van der Waals surface area contributed by atoms with Crippen LogP contribution in [-0.4, -0.2) is 33.7 Å². The summed E-state index contributed by atoms with van der Waals surface area (Å²) in [5, 5.41) is 11.8. The first-order chi connectivity index (χ1) is 9.78. The maximum Gasteiger partial charge on any atom is 0.272 e. The Kier molecular flexibility index (Phi) is 3.96. The lowest BCUT2D eigenvalue weighted by Crippen LogP contribution is -2.38. The molecule has 5 heteroatoms. The van der Waals surface area contributed by atoms with E-state index in [2.05, 4.69) is 21.8 Å². The van der Waals surface area contributed by atoms with Crippen LogP contribution < -0.4 is 5.32 Å². The zero-order valence-corrected chi connectivity index (χ0v) is 12.4. The van der Waals surface area contributed by atoms with Crippen LogP contribution in [0.2, 0.25) is 0 Å². The molecule has 1 saturated carbocycles. The van der Waals surface area contributed by atoms with Crippen LogP contribution in [0.5, 0.6) is 0 Å². The highest BCUT2D eigenvalue weighted by Gasteiger charge is 2.23. The zero-order valence-electron chi connectivity index (χ0n) is 11.6. The van der Waals surface area contributed by atoms with Gasteiger partial charge in [-0.25, -0.2) is 0 Å². The number of benzene rings is 1. The first-order valence-electron chi connectivity index (χ1n) is 7.04. The molecule has 4 nitrogen and oxygen atoms in total. The summed E-state index contributed by atoms with van der Waals surface area (Å²) in [4.78, 5) is 12.3. The van der Waals surface area contributed by atoms with E-state index in [0.29, 0.717) is 11.7 Å². The lowest BCUT2D eigenvalue weighted by atomic mass is 9.95. The molecule has 1 heterocycles. The SMILES string of the molecule is CSC1CCC(NC(=O)c2n[nH]c3ccccc23)CC1. The number of para-hydroxylation sites is 1. The first-order valence-corrected chi connectivity index (χ1v) is 8.33. The van der Waals surface area contributed by atoms with Crippen LogP contribution in [0.15, 0.2) is 24.3 Å². The minimum atomic E-state index is -0.0601. The number of thioether (sulfide) groups is 1. The molecular formula is C15H19N3OS. The Morgan fingerprint density at radius 3 is 2.80 bits per heavy atom. The van der Waals surface area contributed by atoms with Gasteiger partial charge in [-0.1, -0.05) is 18.2 Å². The van der Waals surface area contributed by atoms with E-state index in [4.69, 9.17) is 0 Å². The second-order valence-corrected chi connectivity index (χ2v) is 6.44. The van der Waals surface area contributed by atoms with Gasteiger partial charge >= 0.3 is 0 Å². The van der Waals surface area contributed by atoms with E-state index in [1.165, 1.54) is 12.8 Å². The van der Waals surface area contributed by atoms with Crippen LogP contribution in [0.1, 0.15) is 36.2 Å². The Balaban J connectivity index is 1.68. The third-order valence-corrected chi connectivity index (χ3v) is 5.17. The van der Waals surface area contributed by atoms with E-state index < -0.39 is 0 Å². The monoisotopic (exact) mass is 289 g/mol. The molecule has 1 aliphatic carbocycles. The summed E-state index contributed by atoms with van der Waals surface area (Å²) >= 11 is 1.94. The number of rotatable bonds is 3. The molecule has 2 aromatic rings. The molecule has 0 unspecified atom stereocenters. The van der Waals surface area contributed by atoms with E-state index >= 15 is 0 Å². The van der Waals surface area contributed by atoms with Gasteiger partial charge in [-0.3, -0.25) is 9.89 Å². The summed E-state index contributed by atoms with van der Waals surface area (Å²) in [6.45, 7) is 0. The summed E-state index contributed by atoms with van der Waals surface area (Å²) in [6, 6.07) is 8.02. The number of aromatic amines is 1. The fourth-order valence-electron chi connectivity index (χ4n) is 2.83. The van der Waals surface area contributed by atoms with Gasteiger partial charge < -0.3 is 5.32 Å². The smallest absolute Gasteiger partial charge is 0.272 e. The van der Waals surface area contributed by atoms with E-state index in [-0.39, 0.29) is 5.91 Å². The average molecular weight is 289 g/mol. The number of amides is 1. The maximum atomic E-state index is 12.3. The Morgan fingerprint density at radius 1 is 1.30 bits per heavy atom. The number of fused-ring (bicyclic) bond motifs is 1. The van der Waals surface area contributed by atoms with Crippen LogP contribution in [0.4, 0.5) is 0 Å². The van der Waals surface area contributed by atoms with Crippen LogP contribution in [0, 0.1) is 0 Å². The fourth-order valence-corrected chi connectivity index (χ4v) is 3.58. The molecular weight excluding hydrogens is 270 g/mol. The summed E-state index contributed by atoms with van der Waals surface area (Å²) < 4.78 is 0. The standard InChI is InChI=1S/C15H19N3OS/c1-20-11-8-6-10(7-9-11)16-15(19)14-12-4-2-3-5-13(12)17-18-14/h2-5,10-11H,6-9H2,1H3,(H,16,19)(H,17,18). The molecule has 3 rings (SSSR count). The van der Waals surface area contributed by atoms with Gasteiger partial charge in [0.2, 0.25) is 0 Å². The van der Waals surface area contributed by atoms with Crippen molar-refractivity contribution in [3.05, 3.63) is 30.0 Å². The highest BCUT2D eigenvalue weighted by molar-refractivity contribution is 7.99. The van der Waals surface area contributed by atoms with Crippen molar-refractivity contribution in [3.63, 3.8) is 0 Å². The summed E-state index contributed by atoms with van der Waals surface area (Å²) in [5.74, 6) is -0.0601. The highest BCUT2D eigenvalue weighted by Crippen LogP contribution is 2.27. The number of H-pyrrole nitrogens is 1. The topological polar surface area (TPSA) is 57.8 Å². The summed E-state index contributed by atoms with van der Waals surface area (Å²) in [5.41, 5.74) is 1.41. The minimum absolute atomic E-state index is 0.0601. The number of aromatic nitrogens is 2. The van der Waals surface area contributed by atoms with Crippen molar-refractivity contribution in [2.75, 3.05) is 6.26 Å². The van der Waals surface area contributed by atoms with E-state index in [1.54, 1.807) is 0 Å². The Hall–Kier alpha value is -1.49. The predicted octanol–water partition coefficient (Wildman–Crippen LogP) is 2.97. The van der Waals surface area contributed by atoms with Crippen LogP contribution in [0.3, 0.4) is 0 Å². The van der Waals surface area contributed by atoms with Gasteiger partial charge in [0.1, 0.15) is 0 Å². The lowest BCUT2D eigenvalue weighted by molar-refractivity contribution is 0.0924. The normalized spacial score (nSPS) is 22.9. The van der Waals surface area contributed by atoms with Gasteiger partial charge in [0.25, 0.3) is 5.91 Å². The number of hydrogen-bond donors (Lipinski definition) is 2. The molecule has 20 heavy (non-hydrogen) atoms. The largest absolute Gasteiger partial charge is 0.348 e. The lowest BCUT2D eigenvalue weighted by Gasteiger charge is -2.27. The molecule has 1 amide bonds. The second-order valence-electron chi connectivity index (χ2n) is 5.30. The molecule has 2 N–H and O–H groups in total. The fraction of sp³-hybridized carbons (Fsp3) is 0.467. The molecule has 106 valence electrons. The molecule has 0 saturated heterocycles. The van der Waals surface area contributed by atoms with Crippen molar-refractivity contribution in [1.82, 2.24) is 15.5 Å². The van der Waals surface area contributed by atoms with E-state index in [0.717, 1.165) is 29.0 Å². The van der Waals surface area contributed by atoms with Crippen molar-refractivity contribution in [1.29, 1.82) is 0 Å². The molecule has 1 aliphatic rings. The van der Waals surface area contributed by atoms with Gasteiger partial charge in [-0.05, 0) is 38.0 Å². The molecule has 0 bridgehead atoms. The van der Waals surface area contributed by atoms with Crippen molar-refractivity contribution in [2.24, 2.45) is 0 Å². The molecule has 0 atom stereocenters. The molecule has 0 radical (unpaired) electrons. The van der Waals surface area contributed by atoms with Crippen molar-refractivity contribution >= 4 is 28.6 Å². The summed E-state index contributed by atoms with van der Waals surface area (Å²) in [7, 11) is 0. The Morgan fingerprint density at radius 2 is 2.05 bits per heavy atom. The Labute approximate surface area is 122 Å². The molecule has 1 aromatic carbocycles. The predicted molar refractivity (Wildman–Crippen MR) is 83.1 cm³/mol. The number of carbonyl (C=O) groups excluding carboxylic acids is 1. The average Bonchev–Trinajstić information content (AvgIpc) is 2.92. The van der Waals surface area contributed by atoms with Gasteiger partial charge in [0, 0.05) is 16.7 Å². The third-order valence-electron chi connectivity index (χ3n) is 4.03. The molecule has 1 fully saturated rings. The number of carbonyl (C=O) groups is 1. The quantitative estimate of drug-likeness (QED) is 0.913. The van der Waals surface area contributed by atoms with Gasteiger partial charge in [-0.2, -0.15) is 16.9 Å². The number of hydrogen-bond acceptors (Lipinski definition) is 3. The van der Waals surface area contributed by atoms with Crippen molar-refractivity contribution in [3.8, 4) is 0 Å². The molecule has 0 aliphatic heterocycles. The van der Waals surface area contributed by atoms with Crippen molar-refractivity contribution < 1.29 is 4.79 Å².